The Bertz CT molecular complexity index is 765. The number of hydrogen-bond acceptors (Lipinski definition) is 3. The van der Waals surface area contributed by atoms with Crippen molar-refractivity contribution in [3.8, 4) is 0 Å². The maximum Gasteiger partial charge on any atom is 0.241 e. The van der Waals surface area contributed by atoms with E-state index in [1.165, 1.54) is 29.0 Å². The fourth-order valence-electron chi connectivity index (χ4n) is 2.37. The molecular formula is C14H13BrFNO2S2. The molecule has 0 atom stereocenters. The molecule has 1 aromatic heterocycles. The van der Waals surface area contributed by atoms with Crippen LogP contribution in [0.1, 0.15) is 21.7 Å². The monoisotopic (exact) mass is 389 g/mol. The fourth-order valence-corrected chi connectivity index (χ4v) is 4.93. The molecule has 2 aromatic rings. The molecule has 21 heavy (non-hydrogen) atoms. The summed E-state index contributed by atoms with van der Waals surface area (Å²) in [4.78, 5) is 2.30. The van der Waals surface area contributed by atoms with Gasteiger partial charge in [-0.15, -0.1) is 11.3 Å². The number of aryl methyl sites for hydroxylation is 2. The van der Waals surface area contributed by atoms with E-state index in [2.05, 4.69) is 26.7 Å². The third-order valence-electron chi connectivity index (χ3n) is 3.44. The van der Waals surface area contributed by atoms with Gasteiger partial charge in [-0.2, -0.15) is 0 Å². The second-order valence-electron chi connectivity index (χ2n) is 4.92. The van der Waals surface area contributed by atoms with Gasteiger partial charge in [-0.25, -0.2) is 17.5 Å². The van der Waals surface area contributed by atoms with E-state index in [1.807, 2.05) is 0 Å². The number of nitrogens with one attached hydrogen (secondary N) is 1. The average molecular weight is 390 g/mol. The quantitative estimate of drug-likeness (QED) is 0.867. The molecule has 0 radical (unpaired) electrons. The van der Waals surface area contributed by atoms with E-state index in [4.69, 9.17) is 0 Å². The Morgan fingerprint density at radius 2 is 2.10 bits per heavy atom. The first-order valence-electron chi connectivity index (χ1n) is 6.51. The summed E-state index contributed by atoms with van der Waals surface area (Å²) in [5, 5.41) is 0. The van der Waals surface area contributed by atoms with Crippen molar-refractivity contribution in [2.45, 2.75) is 30.7 Å². The molecule has 0 fully saturated rings. The first-order valence-corrected chi connectivity index (χ1v) is 9.60. The molecule has 0 amide bonds. The lowest BCUT2D eigenvalue weighted by Crippen LogP contribution is -2.22. The molecule has 112 valence electrons. The molecule has 1 aromatic carbocycles. The Balaban J connectivity index is 1.74. The highest BCUT2D eigenvalue weighted by atomic mass is 79.9. The van der Waals surface area contributed by atoms with Crippen LogP contribution in [-0.4, -0.2) is 8.42 Å². The SMILES string of the molecule is O=S(=O)(NCc1cc2c(s1)CCC2)c1ccc(Br)c(F)c1. The van der Waals surface area contributed by atoms with E-state index in [9.17, 15) is 12.8 Å². The van der Waals surface area contributed by atoms with Gasteiger partial charge in [0, 0.05) is 16.3 Å². The van der Waals surface area contributed by atoms with Gasteiger partial charge in [-0.1, -0.05) is 0 Å². The molecule has 0 saturated heterocycles. The van der Waals surface area contributed by atoms with Gasteiger partial charge < -0.3 is 0 Å². The van der Waals surface area contributed by atoms with Crippen LogP contribution >= 0.6 is 27.3 Å². The lowest BCUT2D eigenvalue weighted by atomic mass is 10.2. The molecule has 0 saturated carbocycles. The van der Waals surface area contributed by atoms with Crippen molar-refractivity contribution in [2.75, 3.05) is 0 Å². The number of rotatable bonds is 4. The fraction of sp³-hybridized carbons (Fsp3) is 0.286. The minimum atomic E-state index is -3.69. The van der Waals surface area contributed by atoms with Gasteiger partial charge in [0.25, 0.3) is 0 Å². The zero-order valence-electron chi connectivity index (χ0n) is 11.0. The molecule has 1 aliphatic rings. The van der Waals surface area contributed by atoms with Gasteiger partial charge >= 0.3 is 0 Å². The van der Waals surface area contributed by atoms with Crippen LogP contribution in [0.3, 0.4) is 0 Å². The summed E-state index contributed by atoms with van der Waals surface area (Å²) in [6, 6.07) is 5.85. The van der Waals surface area contributed by atoms with Gasteiger partial charge in [0.1, 0.15) is 5.82 Å². The minimum Gasteiger partial charge on any atom is -0.207 e. The van der Waals surface area contributed by atoms with Gasteiger partial charge in [-0.3, -0.25) is 0 Å². The van der Waals surface area contributed by atoms with Crippen LogP contribution in [-0.2, 0) is 29.4 Å². The number of thiophene rings is 1. The number of hydrogen-bond donors (Lipinski definition) is 1. The van der Waals surface area contributed by atoms with Crippen LogP contribution in [0.4, 0.5) is 4.39 Å². The summed E-state index contributed by atoms with van der Waals surface area (Å²) in [6.45, 7) is 0.248. The van der Waals surface area contributed by atoms with Crippen molar-refractivity contribution in [1.82, 2.24) is 4.72 Å². The Hall–Kier alpha value is -0.760. The zero-order chi connectivity index (χ0) is 15.0. The summed E-state index contributed by atoms with van der Waals surface area (Å²) in [5.41, 5.74) is 1.34. The predicted octanol–water partition coefficient (Wildman–Crippen LogP) is 3.62. The summed E-state index contributed by atoms with van der Waals surface area (Å²) in [6.07, 6.45) is 3.35. The van der Waals surface area contributed by atoms with E-state index in [0.29, 0.717) is 0 Å². The highest BCUT2D eigenvalue weighted by molar-refractivity contribution is 9.10. The number of benzene rings is 1. The number of fused-ring (bicyclic) bond motifs is 1. The largest absolute Gasteiger partial charge is 0.241 e. The third kappa shape index (κ3) is 3.21. The van der Waals surface area contributed by atoms with Crippen LogP contribution in [0.15, 0.2) is 33.6 Å². The van der Waals surface area contributed by atoms with Crippen molar-refractivity contribution < 1.29 is 12.8 Å². The van der Waals surface area contributed by atoms with E-state index < -0.39 is 15.8 Å². The Morgan fingerprint density at radius 3 is 2.81 bits per heavy atom. The predicted molar refractivity (Wildman–Crippen MR) is 84.5 cm³/mol. The first-order chi connectivity index (χ1) is 9.95. The standard InChI is InChI=1S/C14H13BrFNO2S2/c15-12-5-4-11(7-13(12)16)21(18,19)17-8-10-6-9-2-1-3-14(9)20-10/h4-7,17H,1-3,8H2. The minimum absolute atomic E-state index is 0.0627. The molecule has 1 heterocycles. The van der Waals surface area contributed by atoms with Crippen molar-refractivity contribution in [1.29, 1.82) is 0 Å². The van der Waals surface area contributed by atoms with Crippen LogP contribution in [0.2, 0.25) is 0 Å². The second kappa shape index (κ2) is 5.79. The average Bonchev–Trinajstić information content (AvgIpc) is 3.00. The molecule has 3 rings (SSSR count). The molecule has 1 N–H and O–H groups in total. The van der Waals surface area contributed by atoms with Gasteiger partial charge in [0.2, 0.25) is 10.0 Å². The molecule has 0 bridgehead atoms. The molecular weight excluding hydrogens is 377 g/mol. The summed E-state index contributed by atoms with van der Waals surface area (Å²) >= 11 is 4.66. The number of sulfonamides is 1. The zero-order valence-corrected chi connectivity index (χ0v) is 14.2. The molecule has 7 heteroatoms. The molecule has 0 unspecified atom stereocenters. The van der Waals surface area contributed by atoms with E-state index in [0.717, 1.165) is 23.8 Å². The normalized spacial score (nSPS) is 14.4. The number of halogens is 2. The van der Waals surface area contributed by atoms with E-state index >= 15 is 0 Å². The molecule has 0 aliphatic heterocycles. The smallest absolute Gasteiger partial charge is 0.207 e. The summed E-state index contributed by atoms with van der Waals surface area (Å²) in [7, 11) is -3.69. The van der Waals surface area contributed by atoms with Crippen molar-refractivity contribution in [2.24, 2.45) is 0 Å². The third-order valence-corrected chi connectivity index (χ3v) is 6.71. The van der Waals surface area contributed by atoms with E-state index in [1.54, 1.807) is 11.3 Å². The topological polar surface area (TPSA) is 46.2 Å². The molecule has 1 aliphatic carbocycles. The Labute approximate surface area is 135 Å². The Kier molecular flexibility index (Phi) is 4.18. The van der Waals surface area contributed by atoms with Crippen LogP contribution in [0.5, 0.6) is 0 Å². The second-order valence-corrected chi connectivity index (χ2v) is 8.76. The molecule has 0 spiro atoms. The van der Waals surface area contributed by atoms with Crippen LogP contribution < -0.4 is 4.72 Å². The lowest BCUT2D eigenvalue weighted by Gasteiger charge is -2.06. The van der Waals surface area contributed by atoms with Gasteiger partial charge in [0.05, 0.1) is 9.37 Å². The van der Waals surface area contributed by atoms with Crippen molar-refractivity contribution in [3.05, 3.63) is 49.9 Å². The maximum atomic E-state index is 13.4. The van der Waals surface area contributed by atoms with E-state index in [-0.39, 0.29) is 15.9 Å². The van der Waals surface area contributed by atoms with Crippen LogP contribution in [0.25, 0.3) is 0 Å². The van der Waals surface area contributed by atoms with Crippen molar-refractivity contribution >= 4 is 37.3 Å². The van der Waals surface area contributed by atoms with Gasteiger partial charge in [0.15, 0.2) is 0 Å². The van der Waals surface area contributed by atoms with Crippen molar-refractivity contribution in [3.63, 3.8) is 0 Å². The maximum absolute atomic E-state index is 13.4. The first kappa shape index (κ1) is 15.1. The summed E-state index contributed by atoms with van der Waals surface area (Å²) in [5.74, 6) is -0.590. The lowest BCUT2D eigenvalue weighted by molar-refractivity contribution is 0.577. The highest BCUT2D eigenvalue weighted by Gasteiger charge is 2.18. The molecule has 3 nitrogen and oxygen atoms in total. The van der Waals surface area contributed by atoms with Gasteiger partial charge in [-0.05, 0) is 65.0 Å². The summed E-state index contributed by atoms with van der Waals surface area (Å²) < 4.78 is 40.5. The van der Waals surface area contributed by atoms with Crippen LogP contribution in [0, 0.1) is 5.82 Å². The highest BCUT2D eigenvalue weighted by Crippen LogP contribution is 2.30. The Morgan fingerprint density at radius 1 is 1.29 bits per heavy atom.